The molecule has 0 spiro atoms. The summed E-state index contributed by atoms with van der Waals surface area (Å²) >= 11 is 0. The molecule has 5 rings (SSSR count). The first-order valence-corrected chi connectivity index (χ1v) is 12.0. The Morgan fingerprint density at radius 1 is 1.12 bits per heavy atom. The zero-order valence-electron chi connectivity index (χ0n) is 20.1. The van der Waals surface area contributed by atoms with E-state index in [4.69, 9.17) is 0 Å². The van der Waals surface area contributed by atoms with Crippen LogP contribution in [0.1, 0.15) is 62.1 Å². The minimum Gasteiger partial charge on any atom is -0.323 e. The lowest BCUT2D eigenvalue weighted by Gasteiger charge is -2.13. The van der Waals surface area contributed by atoms with Gasteiger partial charge < -0.3 is 14.7 Å². The maximum absolute atomic E-state index is 12.2. The quantitative estimate of drug-likeness (QED) is 0.248. The Kier molecular flexibility index (Phi) is 9.11. The molecule has 1 aromatic heterocycles. The topological polar surface area (TPSA) is 64.0 Å². The molecule has 1 fully saturated rings. The van der Waals surface area contributed by atoms with E-state index in [-0.39, 0.29) is 11.8 Å². The van der Waals surface area contributed by atoms with Crippen LogP contribution in [0.25, 0.3) is 11.3 Å². The van der Waals surface area contributed by atoms with Gasteiger partial charge in [-0.25, -0.2) is 4.98 Å². The van der Waals surface area contributed by atoms with Crippen molar-refractivity contribution in [3.63, 3.8) is 0 Å². The molecule has 1 unspecified atom stereocenters. The van der Waals surface area contributed by atoms with Gasteiger partial charge in [-0.3, -0.25) is 4.79 Å². The van der Waals surface area contributed by atoms with Crippen molar-refractivity contribution < 1.29 is 9.59 Å². The summed E-state index contributed by atoms with van der Waals surface area (Å²) in [6, 6.07) is 18.9. The maximum atomic E-state index is 12.2. The predicted molar refractivity (Wildman–Crippen MR) is 138 cm³/mol. The lowest BCUT2D eigenvalue weighted by Crippen LogP contribution is -2.24. The molecule has 34 heavy (non-hydrogen) atoms. The van der Waals surface area contributed by atoms with E-state index in [1.807, 2.05) is 25.4 Å². The summed E-state index contributed by atoms with van der Waals surface area (Å²) < 4.78 is 2.09. The van der Waals surface area contributed by atoms with Gasteiger partial charge in [-0.05, 0) is 43.9 Å². The average Bonchev–Trinajstić information content (AvgIpc) is 3.46. The number of ketones is 1. The van der Waals surface area contributed by atoms with Gasteiger partial charge in [-0.15, -0.1) is 13.2 Å². The highest BCUT2D eigenvalue weighted by molar-refractivity contribution is 5.81. The fraction of sp³-hybridized carbons (Fsp3) is 0.345. The maximum Gasteiger partial charge on any atom is 0.135 e. The van der Waals surface area contributed by atoms with Crippen molar-refractivity contribution in [1.29, 1.82) is 0 Å². The van der Waals surface area contributed by atoms with E-state index >= 15 is 0 Å². The number of rotatable bonds is 9. The summed E-state index contributed by atoms with van der Waals surface area (Å²) in [5.74, 6) is 0.252. The standard InChI is InChI=1S/C17H18N2O2.C10H13N.C2H4/c20-9-5-1-2-6-13(21)10-16-14-7-3-4-8-15(14)17-11-18-12-19(16)17;1-11-10(7-8-10)9-5-3-2-4-6-9;1-2/h3-4,7-9,11-12,16H,1-2,5-6,10H2;2-6,11H,7-8H2,1H3;1-2H2. The molecule has 1 N–H and O–H groups in total. The molecule has 5 heteroatoms. The third-order valence-electron chi connectivity index (χ3n) is 6.60. The number of nitrogens with zero attached hydrogens (tertiary/aromatic N) is 2. The largest absolute Gasteiger partial charge is 0.323 e. The number of fused-ring (bicyclic) bond motifs is 3. The molecular formula is C29H35N3O2. The second-order valence-corrected chi connectivity index (χ2v) is 8.64. The third kappa shape index (κ3) is 5.78. The first kappa shape index (κ1) is 25.3. The van der Waals surface area contributed by atoms with Crippen LogP contribution in [0.2, 0.25) is 0 Å². The fourth-order valence-electron chi connectivity index (χ4n) is 4.57. The molecule has 0 amide bonds. The number of unbranched alkanes of at least 4 members (excludes halogenated alkanes) is 2. The Balaban J connectivity index is 0.000000209. The number of hydrogen-bond donors (Lipinski definition) is 1. The molecule has 1 aliphatic carbocycles. The van der Waals surface area contributed by atoms with Crippen molar-refractivity contribution in [2.45, 2.75) is 56.5 Å². The van der Waals surface area contributed by atoms with Gasteiger partial charge in [-0.2, -0.15) is 0 Å². The van der Waals surface area contributed by atoms with E-state index in [0.29, 0.717) is 24.8 Å². The monoisotopic (exact) mass is 457 g/mol. The fourth-order valence-corrected chi connectivity index (χ4v) is 4.57. The summed E-state index contributed by atoms with van der Waals surface area (Å²) in [4.78, 5) is 26.7. The number of hydrogen-bond acceptors (Lipinski definition) is 4. The molecule has 2 aromatic carbocycles. The van der Waals surface area contributed by atoms with Crippen LogP contribution in [-0.4, -0.2) is 28.7 Å². The average molecular weight is 458 g/mol. The van der Waals surface area contributed by atoms with Crippen molar-refractivity contribution in [3.8, 4) is 11.3 Å². The summed E-state index contributed by atoms with van der Waals surface area (Å²) in [5, 5.41) is 3.37. The molecule has 2 aliphatic rings. The van der Waals surface area contributed by atoms with E-state index in [0.717, 1.165) is 24.8 Å². The first-order valence-electron chi connectivity index (χ1n) is 12.0. The smallest absolute Gasteiger partial charge is 0.135 e. The van der Waals surface area contributed by atoms with Crippen LogP contribution in [-0.2, 0) is 15.1 Å². The van der Waals surface area contributed by atoms with Crippen LogP contribution < -0.4 is 5.32 Å². The number of aldehydes is 1. The zero-order valence-corrected chi connectivity index (χ0v) is 20.1. The second kappa shape index (κ2) is 12.2. The molecular weight excluding hydrogens is 422 g/mol. The van der Waals surface area contributed by atoms with E-state index < -0.39 is 0 Å². The molecule has 1 aliphatic heterocycles. The molecule has 178 valence electrons. The highest BCUT2D eigenvalue weighted by atomic mass is 16.1. The van der Waals surface area contributed by atoms with Crippen LogP contribution in [0.15, 0.2) is 80.3 Å². The van der Waals surface area contributed by atoms with Crippen molar-refractivity contribution in [3.05, 3.63) is 91.4 Å². The van der Waals surface area contributed by atoms with Crippen molar-refractivity contribution in [2.24, 2.45) is 0 Å². The Labute approximate surface area is 202 Å². The predicted octanol–water partition coefficient (Wildman–Crippen LogP) is 5.87. The zero-order chi connectivity index (χ0) is 24.4. The molecule has 5 nitrogen and oxygen atoms in total. The molecule has 2 heterocycles. The number of Topliss-reactive ketones (excluding diaryl/α,β-unsaturated/α-hetero) is 1. The van der Waals surface area contributed by atoms with E-state index in [1.54, 1.807) is 6.33 Å². The summed E-state index contributed by atoms with van der Waals surface area (Å²) in [7, 11) is 2.04. The molecule has 3 aromatic rings. The SMILES string of the molecule is C=C.CNC1(c2ccccc2)CC1.O=CCCCCC(=O)CC1c2ccccc2-c2cncn21. The summed E-state index contributed by atoms with van der Waals surface area (Å²) in [6.45, 7) is 6.00. The van der Waals surface area contributed by atoms with Gasteiger partial charge in [0.2, 0.25) is 0 Å². The van der Waals surface area contributed by atoms with Crippen molar-refractivity contribution in [1.82, 2.24) is 14.9 Å². The van der Waals surface area contributed by atoms with Gasteiger partial charge in [0.1, 0.15) is 12.1 Å². The van der Waals surface area contributed by atoms with Crippen molar-refractivity contribution >= 4 is 12.1 Å². The Morgan fingerprint density at radius 2 is 1.82 bits per heavy atom. The van der Waals surface area contributed by atoms with Gasteiger partial charge in [0, 0.05) is 30.4 Å². The van der Waals surface area contributed by atoms with Gasteiger partial charge in [-0.1, -0.05) is 54.6 Å². The third-order valence-corrected chi connectivity index (χ3v) is 6.60. The second-order valence-electron chi connectivity index (χ2n) is 8.64. The number of benzene rings is 2. The highest BCUT2D eigenvalue weighted by Crippen LogP contribution is 2.44. The van der Waals surface area contributed by atoms with Gasteiger partial charge in [0.15, 0.2) is 0 Å². The van der Waals surface area contributed by atoms with Crippen LogP contribution >= 0.6 is 0 Å². The molecule has 0 saturated heterocycles. The normalized spacial score (nSPS) is 16.1. The van der Waals surface area contributed by atoms with Crippen molar-refractivity contribution in [2.75, 3.05) is 7.05 Å². The van der Waals surface area contributed by atoms with Gasteiger partial charge in [0.25, 0.3) is 0 Å². The Hall–Kier alpha value is -3.31. The number of aromatic nitrogens is 2. The molecule has 0 bridgehead atoms. The lowest BCUT2D eigenvalue weighted by molar-refractivity contribution is -0.119. The number of imidazole rings is 1. The van der Waals surface area contributed by atoms with E-state index in [2.05, 4.69) is 70.5 Å². The minimum absolute atomic E-state index is 0.0669. The summed E-state index contributed by atoms with van der Waals surface area (Å²) in [5.41, 5.74) is 5.23. The van der Waals surface area contributed by atoms with Crippen LogP contribution in [0.4, 0.5) is 0 Å². The van der Waals surface area contributed by atoms with Crippen LogP contribution in [0.3, 0.4) is 0 Å². The van der Waals surface area contributed by atoms with Crippen LogP contribution in [0, 0.1) is 0 Å². The highest BCUT2D eigenvalue weighted by Gasteiger charge is 2.42. The molecule has 1 saturated carbocycles. The Morgan fingerprint density at radius 3 is 2.50 bits per heavy atom. The van der Waals surface area contributed by atoms with Gasteiger partial charge in [0.05, 0.1) is 24.3 Å². The number of carbonyl (C=O) groups excluding carboxylic acids is 2. The molecule has 1 atom stereocenters. The minimum atomic E-state index is 0.0669. The van der Waals surface area contributed by atoms with Gasteiger partial charge >= 0.3 is 0 Å². The number of nitrogens with one attached hydrogen (secondary N) is 1. The van der Waals surface area contributed by atoms with E-state index in [9.17, 15) is 9.59 Å². The number of carbonyl (C=O) groups is 2. The van der Waals surface area contributed by atoms with Crippen LogP contribution in [0.5, 0.6) is 0 Å². The van der Waals surface area contributed by atoms with E-state index in [1.165, 1.54) is 29.5 Å². The lowest BCUT2D eigenvalue weighted by atomic mass is 9.97. The summed E-state index contributed by atoms with van der Waals surface area (Å²) in [6.07, 6.45) is 10.3. The first-order chi connectivity index (χ1) is 16.7. The Bertz CT molecular complexity index is 1070. The molecule has 0 radical (unpaired) electrons.